The van der Waals surface area contributed by atoms with Crippen molar-refractivity contribution in [2.45, 2.75) is 39.3 Å². The average molecular weight is 429 g/mol. The number of methoxy groups -OCH3 is 1. The number of aryl methyl sites for hydroxylation is 2. The SMILES string of the molecule is COc1cc(/C=C2\CCCN3C2=NOC3(C)c2cccc(C)c2)ccc1-n1cnc(C)c1. The van der Waals surface area contributed by atoms with Gasteiger partial charge in [0.25, 0.3) is 0 Å². The normalized spacial score (nSPS) is 21.3. The van der Waals surface area contributed by atoms with Gasteiger partial charge in [-0.2, -0.15) is 0 Å². The van der Waals surface area contributed by atoms with E-state index in [0.29, 0.717) is 0 Å². The summed E-state index contributed by atoms with van der Waals surface area (Å²) < 4.78 is 7.67. The smallest absolute Gasteiger partial charge is 0.234 e. The van der Waals surface area contributed by atoms with Crippen molar-refractivity contribution < 1.29 is 9.57 Å². The summed E-state index contributed by atoms with van der Waals surface area (Å²) >= 11 is 0. The Hall–Kier alpha value is -3.54. The molecule has 1 saturated heterocycles. The maximum absolute atomic E-state index is 6.06. The second-order valence-corrected chi connectivity index (χ2v) is 8.64. The maximum Gasteiger partial charge on any atom is 0.234 e. The molecule has 32 heavy (non-hydrogen) atoms. The highest BCUT2D eigenvalue weighted by atomic mass is 16.7. The quantitative estimate of drug-likeness (QED) is 0.574. The van der Waals surface area contributed by atoms with Crippen LogP contribution in [0.2, 0.25) is 0 Å². The van der Waals surface area contributed by atoms with Crippen molar-refractivity contribution in [1.29, 1.82) is 0 Å². The molecule has 1 fully saturated rings. The highest BCUT2D eigenvalue weighted by Gasteiger charge is 2.45. The number of hydrogen-bond acceptors (Lipinski definition) is 5. The van der Waals surface area contributed by atoms with Gasteiger partial charge in [0, 0.05) is 25.2 Å². The molecule has 5 rings (SSSR count). The van der Waals surface area contributed by atoms with Gasteiger partial charge in [-0.05, 0) is 56.0 Å². The predicted molar refractivity (Wildman–Crippen MR) is 126 cm³/mol. The zero-order valence-electron chi connectivity index (χ0n) is 19.0. The van der Waals surface area contributed by atoms with Crippen molar-refractivity contribution in [3.8, 4) is 11.4 Å². The van der Waals surface area contributed by atoms with Crippen LogP contribution in [0, 0.1) is 13.8 Å². The fourth-order valence-corrected chi connectivity index (χ4v) is 4.55. The third-order valence-corrected chi connectivity index (χ3v) is 6.28. The van der Waals surface area contributed by atoms with Crippen molar-refractivity contribution in [1.82, 2.24) is 14.5 Å². The van der Waals surface area contributed by atoms with E-state index in [-0.39, 0.29) is 0 Å². The number of amidine groups is 1. The molecule has 0 amide bonds. The van der Waals surface area contributed by atoms with E-state index in [4.69, 9.17) is 9.57 Å². The molecule has 1 atom stereocenters. The predicted octanol–water partition coefficient (Wildman–Crippen LogP) is 5.19. The van der Waals surface area contributed by atoms with Gasteiger partial charge in [0.05, 0.1) is 24.8 Å². The minimum atomic E-state index is -0.582. The summed E-state index contributed by atoms with van der Waals surface area (Å²) in [5.41, 5.74) is 5.95. The Bertz CT molecular complexity index is 1230. The number of rotatable bonds is 4. The Morgan fingerprint density at radius 1 is 1.16 bits per heavy atom. The first-order valence-electron chi connectivity index (χ1n) is 11.0. The lowest BCUT2D eigenvalue weighted by molar-refractivity contribution is -0.0913. The number of benzene rings is 2. The van der Waals surface area contributed by atoms with Gasteiger partial charge in [-0.15, -0.1) is 0 Å². The molecule has 0 N–H and O–H groups in total. The summed E-state index contributed by atoms with van der Waals surface area (Å²) in [4.78, 5) is 12.7. The van der Waals surface area contributed by atoms with E-state index in [9.17, 15) is 0 Å². The zero-order chi connectivity index (χ0) is 22.3. The Labute approximate surface area is 188 Å². The highest BCUT2D eigenvalue weighted by molar-refractivity contribution is 6.03. The van der Waals surface area contributed by atoms with Crippen LogP contribution in [0.1, 0.15) is 42.1 Å². The van der Waals surface area contributed by atoms with Gasteiger partial charge < -0.3 is 19.0 Å². The molecule has 2 aromatic carbocycles. The third kappa shape index (κ3) is 3.45. The van der Waals surface area contributed by atoms with E-state index in [0.717, 1.165) is 53.5 Å². The molecule has 2 aliphatic heterocycles. The third-order valence-electron chi connectivity index (χ3n) is 6.28. The highest BCUT2D eigenvalue weighted by Crippen LogP contribution is 2.40. The van der Waals surface area contributed by atoms with Crippen LogP contribution in [0.15, 0.2) is 65.7 Å². The van der Waals surface area contributed by atoms with Gasteiger partial charge >= 0.3 is 0 Å². The molecule has 0 bridgehead atoms. The summed E-state index contributed by atoms with van der Waals surface area (Å²) in [5.74, 6) is 1.73. The van der Waals surface area contributed by atoms with E-state index in [1.165, 1.54) is 11.1 Å². The number of ether oxygens (including phenoxy) is 1. The first kappa shape index (κ1) is 20.4. The molecule has 2 aliphatic rings. The largest absolute Gasteiger partial charge is 0.495 e. The second kappa shape index (κ2) is 7.86. The summed E-state index contributed by atoms with van der Waals surface area (Å²) in [6.45, 7) is 7.10. The Balaban J connectivity index is 1.46. The molecular formula is C26H28N4O2. The number of fused-ring (bicyclic) bond motifs is 1. The molecule has 6 heteroatoms. The molecule has 0 aliphatic carbocycles. The molecule has 0 saturated carbocycles. The number of hydrogen-bond donors (Lipinski definition) is 0. The maximum atomic E-state index is 6.06. The second-order valence-electron chi connectivity index (χ2n) is 8.64. The molecule has 3 aromatic rings. The van der Waals surface area contributed by atoms with Crippen LogP contribution < -0.4 is 4.74 Å². The van der Waals surface area contributed by atoms with Crippen molar-refractivity contribution in [2.75, 3.05) is 13.7 Å². The van der Waals surface area contributed by atoms with Gasteiger partial charge in [0.15, 0.2) is 5.84 Å². The number of nitrogens with zero attached hydrogens (tertiary/aromatic N) is 4. The van der Waals surface area contributed by atoms with Gasteiger partial charge in [-0.1, -0.05) is 41.1 Å². The van der Waals surface area contributed by atoms with Crippen LogP contribution >= 0.6 is 0 Å². The molecule has 0 spiro atoms. The van der Waals surface area contributed by atoms with Gasteiger partial charge in [-0.3, -0.25) is 0 Å². The first-order valence-corrected chi connectivity index (χ1v) is 11.0. The van der Waals surface area contributed by atoms with Crippen LogP contribution in [0.4, 0.5) is 0 Å². The van der Waals surface area contributed by atoms with Crippen molar-refractivity contribution in [3.05, 3.63) is 82.9 Å². The number of imidazole rings is 1. The summed E-state index contributed by atoms with van der Waals surface area (Å²) in [6.07, 6.45) is 8.01. The summed E-state index contributed by atoms with van der Waals surface area (Å²) in [7, 11) is 1.70. The molecule has 164 valence electrons. The Morgan fingerprint density at radius 3 is 2.78 bits per heavy atom. The summed E-state index contributed by atoms with van der Waals surface area (Å²) in [6, 6.07) is 14.7. The van der Waals surface area contributed by atoms with Crippen LogP contribution in [-0.2, 0) is 10.6 Å². The molecule has 1 aromatic heterocycles. The molecule has 6 nitrogen and oxygen atoms in total. The molecule has 3 heterocycles. The van der Waals surface area contributed by atoms with E-state index in [2.05, 4.69) is 77.4 Å². The van der Waals surface area contributed by atoms with Crippen molar-refractivity contribution >= 4 is 11.9 Å². The lowest BCUT2D eigenvalue weighted by atomic mass is 9.95. The zero-order valence-corrected chi connectivity index (χ0v) is 19.0. The van der Waals surface area contributed by atoms with Crippen LogP contribution in [0.25, 0.3) is 11.8 Å². The van der Waals surface area contributed by atoms with Crippen LogP contribution in [0.3, 0.4) is 0 Å². The topological polar surface area (TPSA) is 51.9 Å². The lowest BCUT2D eigenvalue weighted by Gasteiger charge is -2.37. The lowest BCUT2D eigenvalue weighted by Crippen LogP contribution is -2.47. The standard InChI is InChI=1S/C26H28N4O2/c1-18-7-5-9-22(13-18)26(3)30-12-6-8-21(25(30)28-32-26)14-20-10-11-23(24(15-20)31-4)29-16-19(2)27-17-29/h5,7,9-11,13-17H,6,8,12H2,1-4H3/b21-14+. The fourth-order valence-electron chi connectivity index (χ4n) is 4.55. The monoisotopic (exact) mass is 428 g/mol. The van der Waals surface area contributed by atoms with Crippen LogP contribution in [-0.4, -0.2) is 33.9 Å². The van der Waals surface area contributed by atoms with Gasteiger partial charge in [0.1, 0.15) is 5.75 Å². The minimum Gasteiger partial charge on any atom is -0.495 e. The van der Waals surface area contributed by atoms with Gasteiger partial charge in [0.2, 0.25) is 5.72 Å². The summed E-state index contributed by atoms with van der Waals surface area (Å²) in [5, 5.41) is 4.54. The molecule has 1 unspecified atom stereocenters. The van der Waals surface area contributed by atoms with E-state index < -0.39 is 5.72 Å². The molecular weight excluding hydrogens is 400 g/mol. The number of piperidine rings is 1. The Morgan fingerprint density at radius 2 is 2.03 bits per heavy atom. The first-order chi connectivity index (χ1) is 15.5. The number of aromatic nitrogens is 2. The van der Waals surface area contributed by atoms with Crippen molar-refractivity contribution in [3.63, 3.8) is 0 Å². The average Bonchev–Trinajstić information content (AvgIpc) is 3.38. The van der Waals surface area contributed by atoms with E-state index in [1.807, 2.05) is 17.7 Å². The van der Waals surface area contributed by atoms with Crippen LogP contribution in [0.5, 0.6) is 5.75 Å². The van der Waals surface area contributed by atoms with E-state index >= 15 is 0 Å². The number of oxime groups is 1. The Kier molecular flexibility index (Phi) is 5.00. The van der Waals surface area contributed by atoms with Crippen molar-refractivity contribution in [2.24, 2.45) is 5.16 Å². The van der Waals surface area contributed by atoms with E-state index in [1.54, 1.807) is 13.4 Å². The minimum absolute atomic E-state index is 0.582. The fraction of sp³-hybridized carbons (Fsp3) is 0.308. The van der Waals surface area contributed by atoms with Gasteiger partial charge in [-0.25, -0.2) is 4.98 Å². The molecule has 0 radical (unpaired) electrons.